The number of amides is 1. The first-order valence-electron chi connectivity index (χ1n) is 5.88. The number of carbonyl (C=O) groups is 1. The number of benzene rings is 1. The second-order valence-corrected chi connectivity index (χ2v) is 5.54. The van der Waals surface area contributed by atoms with Gasteiger partial charge in [-0.25, -0.2) is 0 Å². The minimum Gasteiger partial charge on any atom is -0.507 e. The van der Waals surface area contributed by atoms with Crippen LogP contribution in [0.15, 0.2) is 18.2 Å². The van der Waals surface area contributed by atoms with E-state index in [4.69, 9.17) is 0 Å². The Bertz CT molecular complexity index is 405. The third kappa shape index (κ3) is 4.10. The number of phenolic OH excluding ortho intramolecular Hbond substituents is 1. The van der Waals surface area contributed by atoms with E-state index < -0.39 is 0 Å². The zero-order chi connectivity index (χ0) is 13.1. The maximum atomic E-state index is 11.8. The number of hydrogen-bond donors (Lipinski definition) is 2. The number of phenols is 1. The van der Waals surface area contributed by atoms with Gasteiger partial charge in [0, 0.05) is 6.54 Å². The standard InChI is InChI=1S/C14H21NO2/c1-10-6-5-7-11(12(10)16)13(17)15-9-8-14(2,3)4/h5-7,16H,8-9H2,1-4H3,(H,15,17). The highest BCUT2D eigenvalue weighted by Crippen LogP contribution is 2.21. The topological polar surface area (TPSA) is 49.3 Å². The monoisotopic (exact) mass is 235 g/mol. The molecule has 0 aliphatic rings. The van der Waals surface area contributed by atoms with E-state index in [0.29, 0.717) is 17.7 Å². The molecule has 0 unspecified atom stereocenters. The Kier molecular flexibility index (Phi) is 4.16. The molecule has 0 bridgehead atoms. The Labute approximate surface area is 103 Å². The first kappa shape index (κ1) is 13.6. The molecule has 1 aromatic rings. The molecule has 0 spiro atoms. The van der Waals surface area contributed by atoms with Crippen LogP contribution in [0.25, 0.3) is 0 Å². The maximum absolute atomic E-state index is 11.8. The molecule has 0 atom stereocenters. The van der Waals surface area contributed by atoms with Crippen molar-refractivity contribution in [1.82, 2.24) is 5.32 Å². The van der Waals surface area contributed by atoms with Crippen molar-refractivity contribution < 1.29 is 9.90 Å². The van der Waals surface area contributed by atoms with Gasteiger partial charge < -0.3 is 10.4 Å². The average Bonchev–Trinajstić information content (AvgIpc) is 2.20. The van der Waals surface area contributed by atoms with E-state index in [2.05, 4.69) is 26.1 Å². The Balaban J connectivity index is 2.62. The number of aryl methyl sites for hydroxylation is 1. The molecule has 17 heavy (non-hydrogen) atoms. The number of rotatable bonds is 3. The van der Waals surface area contributed by atoms with Gasteiger partial charge in [-0.05, 0) is 30.4 Å². The van der Waals surface area contributed by atoms with Crippen molar-refractivity contribution in [3.63, 3.8) is 0 Å². The van der Waals surface area contributed by atoms with Gasteiger partial charge in [-0.2, -0.15) is 0 Å². The maximum Gasteiger partial charge on any atom is 0.255 e. The summed E-state index contributed by atoms with van der Waals surface area (Å²) in [4.78, 5) is 11.8. The summed E-state index contributed by atoms with van der Waals surface area (Å²) < 4.78 is 0. The van der Waals surface area contributed by atoms with Crippen molar-refractivity contribution in [2.24, 2.45) is 5.41 Å². The first-order chi connectivity index (χ1) is 7.81. The van der Waals surface area contributed by atoms with Gasteiger partial charge in [-0.15, -0.1) is 0 Å². The SMILES string of the molecule is Cc1cccc(C(=O)NCCC(C)(C)C)c1O. The van der Waals surface area contributed by atoms with Crippen molar-refractivity contribution >= 4 is 5.91 Å². The largest absolute Gasteiger partial charge is 0.507 e. The number of nitrogens with one attached hydrogen (secondary N) is 1. The zero-order valence-electron chi connectivity index (χ0n) is 11.0. The lowest BCUT2D eigenvalue weighted by atomic mass is 9.92. The molecular weight excluding hydrogens is 214 g/mol. The molecule has 1 amide bonds. The van der Waals surface area contributed by atoms with Crippen molar-refractivity contribution in [3.05, 3.63) is 29.3 Å². The van der Waals surface area contributed by atoms with Crippen LogP contribution in [-0.2, 0) is 0 Å². The van der Waals surface area contributed by atoms with E-state index in [0.717, 1.165) is 6.42 Å². The van der Waals surface area contributed by atoms with Crippen LogP contribution in [0, 0.1) is 12.3 Å². The second kappa shape index (κ2) is 5.21. The molecule has 94 valence electrons. The minimum atomic E-state index is -0.213. The summed E-state index contributed by atoms with van der Waals surface area (Å²) in [6.07, 6.45) is 0.908. The van der Waals surface area contributed by atoms with E-state index in [1.165, 1.54) is 0 Å². The van der Waals surface area contributed by atoms with Gasteiger partial charge in [-0.3, -0.25) is 4.79 Å². The third-order valence-electron chi connectivity index (χ3n) is 2.64. The van der Waals surface area contributed by atoms with Gasteiger partial charge in [-0.1, -0.05) is 32.9 Å². The van der Waals surface area contributed by atoms with Crippen LogP contribution in [0.4, 0.5) is 0 Å². The highest BCUT2D eigenvalue weighted by molar-refractivity contribution is 5.97. The molecule has 3 nitrogen and oxygen atoms in total. The molecule has 0 heterocycles. The van der Waals surface area contributed by atoms with Crippen molar-refractivity contribution in [3.8, 4) is 5.75 Å². The van der Waals surface area contributed by atoms with Gasteiger partial charge in [0.1, 0.15) is 5.75 Å². The summed E-state index contributed by atoms with van der Waals surface area (Å²) in [5, 5.41) is 12.6. The molecule has 3 heteroatoms. The van der Waals surface area contributed by atoms with Crippen LogP contribution in [0.2, 0.25) is 0 Å². The lowest BCUT2D eigenvalue weighted by Gasteiger charge is -2.18. The third-order valence-corrected chi connectivity index (χ3v) is 2.64. The van der Waals surface area contributed by atoms with Gasteiger partial charge in [0.2, 0.25) is 0 Å². The number of carbonyl (C=O) groups excluding carboxylic acids is 1. The summed E-state index contributed by atoms with van der Waals surface area (Å²) in [5.41, 5.74) is 1.26. The fraction of sp³-hybridized carbons (Fsp3) is 0.500. The minimum absolute atomic E-state index is 0.0701. The van der Waals surface area contributed by atoms with Crippen LogP contribution in [0.5, 0.6) is 5.75 Å². The molecule has 0 radical (unpaired) electrons. The summed E-state index contributed by atoms with van der Waals surface area (Å²) in [5.74, 6) is -0.142. The molecule has 1 rings (SSSR count). The summed E-state index contributed by atoms with van der Waals surface area (Å²) in [7, 11) is 0. The van der Waals surface area contributed by atoms with Crippen LogP contribution in [-0.4, -0.2) is 17.6 Å². The molecular formula is C14H21NO2. The number of para-hydroxylation sites is 1. The average molecular weight is 235 g/mol. The number of hydrogen-bond acceptors (Lipinski definition) is 2. The Morgan fingerprint density at radius 2 is 2.00 bits per heavy atom. The second-order valence-electron chi connectivity index (χ2n) is 5.54. The molecule has 2 N–H and O–H groups in total. The van der Waals surface area contributed by atoms with Crippen LogP contribution in [0.1, 0.15) is 43.1 Å². The van der Waals surface area contributed by atoms with Crippen molar-refractivity contribution in [2.75, 3.05) is 6.54 Å². The van der Waals surface area contributed by atoms with Gasteiger partial charge in [0.25, 0.3) is 5.91 Å². The molecule has 0 fully saturated rings. The van der Waals surface area contributed by atoms with Crippen molar-refractivity contribution in [2.45, 2.75) is 34.1 Å². The highest BCUT2D eigenvalue weighted by Gasteiger charge is 2.14. The molecule has 0 aliphatic heterocycles. The predicted molar refractivity (Wildman–Crippen MR) is 69.2 cm³/mol. The first-order valence-corrected chi connectivity index (χ1v) is 5.88. The Morgan fingerprint density at radius 3 is 2.59 bits per heavy atom. The van der Waals surface area contributed by atoms with Gasteiger partial charge in [0.15, 0.2) is 0 Å². The van der Waals surface area contributed by atoms with Crippen LogP contribution < -0.4 is 5.32 Å². The summed E-state index contributed by atoms with van der Waals surface area (Å²) in [6.45, 7) is 8.78. The van der Waals surface area contributed by atoms with Gasteiger partial charge >= 0.3 is 0 Å². The molecule has 1 aromatic carbocycles. The smallest absolute Gasteiger partial charge is 0.255 e. The highest BCUT2D eigenvalue weighted by atomic mass is 16.3. The van der Waals surface area contributed by atoms with Crippen LogP contribution in [0.3, 0.4) is 0 Å². The molecule has 0 aromatic heterocycles. The Morgan fingerprint density at radius 1 is 1.35 bits per heavy atom. The molecule has 0 saturated carbocycles. The van der Waals surface area contributed by atoms with E-state index in [1.807, 2.05) is 0 Å². The lowest BCUT2D eigenvalue weighted by Crippen LogP contribution is -2.27. The normalized spacial score (nSPS) is 11.3. The van der Waals surface area contributed by atoms with Gasteiger partial charge in [0.05, 0.1) is 5.56 Å². The van der Waals surface area contributed by atoms with Crippen molar-refractivity contribution in [1.29, 1.82) is 0 Å². The predicted octanol–water partition coefficient (Wildman–Crippen LogP) is 2.87. The van der Waals surface area contributed by atoms with E-state index in [-0.39, 0.29) is 17.1 Å². The summed E-state index contributed by atoms with van der Waals surface area (Å²) in [6, 6.07) is 5.18. The van der Waals surface area contributed by atoms with E-state index in [1.54, 1.807) is 25.1 Å². The fourth-order valence-electron chi connectivity index (χ4n) is 1.49. The van der Waals surface area contributed by atoms with E-state index in [9.17, 15) is 9.90 Å². The fourth-order valence-corrected chi connectivity index (χ4v) is 1.49. The zero-order valence-corrected chi connectivity index (χ0v) is 11.0. The quantitative estimate of drug-likeness (QED) is 0.846. The van der Waals surface area contributed by atoms with E-state index >= 15 is 0 Å². The number of aromatic hydroxyl groups is 1. The molecule has 0 aliphatic carbocycles. The molecule has 0 saturated heterocycles. The lowest BCUT2D eigenvalue weighted by molar-refractivity contribution is 0.0946. The summed E-state index contributed by atoms with van der Waals surface area (Å²) >= 11 is 0. The van der Waals surface area contributed by atoms with Crippen LogP contribution >= 0.6 is 0 Å². The Hall–Kier alpha value is -1.51.